The van der Waals surface area contributed by atoms with Crippen LogP contribution in [-0.2, 0) is 6.42 Å². The lowest BCUT2D eigenvalue weighted by Gasteiger charge is -2.28. The molecule has 0 amide bonds. The fourth-order valence-electron chi connectivity index (χ4n) is 3.10. The molecule has 0 saturated carbocycles. The van der Waals surface area contributed by atoms with Gasteiger partial charge < -0.3 is 4.90 Å². The zero-order chi connectivity index (χ0) is 14.7. The normalized spacial score (nSPS) is 17.0. The molecule has 4 heteroatoms. The molecule has 4 nitrogen and oxygen atoms in total. The molecule has 1 saturated heterocycles. The van der Waals surface area contributed by atoms with Crippen molar-refractivity contribution >= 4 is 11.4 Å². The molecular formula is C17H16N4. The molecule has 0 atom stereocenters. The van der Waals surface area contributed by atoms with Gasteiger partial charge in [-0.25, -0.2) is 4.99 Å². The quantitative estimate of drug-likeness (QED) is 0.780. The van der Waals surface area contributed by atoms with Gasteiger partial charge in [0.05, 0.1) is 5.70 Å². The van der Waals surface area contributed by atoms with Gasteiger partial charge in [0.25, 0.3) is 0 Å². The highest BCUT2D eigenvalue weighted by Crippen LogP contribution is 2.35. The fraction of sp³-hybridized carbons (Fsp3) is 0.353. The molecule has 1 heterocycles. The zero-order valence-electron chi connectivity index (χ0n) is 11.8. The van der Waals surface area contributed by atoms with Crippen molar-refractivity contribution in [3.8, 4) is 12.1 Å². The van der Waals surface area contributed by atoms with Crippen LogP contribution in [-0.4, -0.2) is 23.7 Å². The number of rotatable bonds is 2. The number of benzene rings is 1. The molecule has 2 aliphatic rings. The first-order valence-corrected chi connectivity index (χ1v) is 7.28. The van der Waals surface area contributed by atoms with Gasteiger partial charge in [-0.15, -0.1) is 0 Å². The molecule has 1 aromatic rings. The molecule has 3 rings (SSSR count). The Morgan fingerprint density at radius 3 is 2.48 bits per heavy atom. The number of fused-ring (bicyclic) bond motifs is 1. The maximum atomic E-state index is 9.02. The number of likely N-dealkylation sites (tertiary alicyclic amines) is 1. The number of nitrogens with zero attached hydrogens (tertiary/aromatic N) is 4. The first kappa shape index (κ1) is 13.4. The highest BCUT2D eigenvalue weighted by Gasteiger charge is 2.24. The smallest absolute Gasteiger partial charge is 0.218 e. The minimum absolute atomic E-state index is 0.0709. The molecule has 104 valence electrons. The van der Waals surface area contributed by atoms with Gasteiger partial charge >= 0.3 is 0 Å². The van der Waals surface area contributed by atoms with Crippen LogP contribution in [0.2, 0.25) is 0 Å². The van der Waals surface area contributed by atoms with Gasteiger partial charge in [-0.05, 0) is 31.2 Å². The minimum Gasteiger partial charge on any atom is -0.373 e. The van der Waals surface area contributed by atoms with Crippen LogP contribution in [0.25, 0.3) is 5.70 Å². The number of aryl methyl sites for hydroxylation is 1. The summed E-state index contributed by atoms with van der Waals surface area (Å²) < 4.78 is 0. The lowest BCUT2D eigenvalue weighted by Crippen LogP contribution is -2.23. The van der Waals surface area contributed by atoms with E-state index < -0.39 is 0 Å². The van der Waals surface area contributed by atoms with E-state index in [0.29, 0.717) is 0 Å². The molecular weight excluding hydrogens is 260 g/mol. The van der Waals surface area contributed by atoms with E-state index >= 15 is 0 Å². The summed E-state index contributed by atoms with van der Waals surface area (Å²) in [4.78, 5) is 6.73. The minimum atomic E-state index is -0.0709. The van der Waals surface area contributed by atoms with Crippen molar-refractivity contribution in [1.29, 1.82) is 10.5 Å². The lowest BCUT2D eigenvalue weighted by molar-refractivity contribution is 0.408. The molecule has 1 aliphatic carbocycles. The van der Waals surface area contributed by atoms with E-state index in [1.807, 2.05) is 30.3 Å². The maximum absolute atomic E-state index is 9.02. The third kappa shape index (κ3) is 2.53. The molecule has 0 spiro atoms. The molecule has 0 aromatic heterocycles. The first-order valence-electron chi connectivity index (χ1n) is 7.28. The lowest BCUT2D eigenvalue weighted by atomic mass is 9.92. The van der Waals surface area contributed by atoms with Crippen LogP contribution in [0.15, 0.2) is 35.0 Å². The van der Waals surface area contributed by atoms with E-state index in [1.54, 1.807) is 0 Å². The summed E-state index contributed by atoms with van der Waals surface area (Å²) in [6, 6.07) is 11.9. The summed E-state index contributed by atoms with van der Waals surface area (Å²) >= 11 is 0. The van der Waals surface area contributed by atoms with E-state index in [1.165, 1.54) is 24.1 Å². The Morgan fingerprint density at radius 2 is 1.76 bits per heavy atom. The van der Waals surface area contributed by atoms with Gasteiger partial charge in [-0.3, -0.25) is 0 Å². The number of aliphatic imine (C=N–C) groups is 1. The predicted molar refractivity (Wildman–Crippen MR) is 81.2 cm³/mol. The second kappa shape index (κ2) is 5.81. The largest absolute Gasteiger partial charge is 0.373 e. The van der Waals surface area contributed by atoms with Crippen molar-refractivity contribution in [2.45, 2.75) is 25.7 Å². The van der Waals surface area contributed by atoms with Crippen molar-refractivity contribution < 1.29 is 0 Å². The van der Waals surface area contributed by atoms with E-state index in [-0.39, 0.29) is 5.71 Å². The van der Waals surface area contributed by atoms with Gasteiger partial charge in [0.2, 0.25) is 5.71 Å². The van der Waals surface area contributed by atoms with Gasteiger partial charge in [0.15, 0.2) is 0 Å². The summed E-state index contributed by atoms with van der Waals surface area (Å²) in [7, 11) is 0. The Hall–Kier alpha value is -2.59. The number of hydrogen-bond acceptors (Lipinski definition) is 4. The fourth-order valence-corrected chi connectivity index (χ4v) is 3.10. The molecule has 1 aromatic carbocycles. The molecule has 0 N–H and O–H groups in total. The van der Waals surface area contributed by atoms with Crippen LogP contribution in [0.4, 0.5) is 0 Å². The molecule has 0 bridgehead atoms. The van der Waals surface area contributed by atoms with E-state index in [9.17, 15) is 0 Å². The van der Waals surface area contributed by atoms with E-state index in [2.05, 4.69) is 16.0 Å². The summed E-state index contributed by atoms with van der Waals surface area (Å²) in [5, 5.41) is 18.0. The third-order valence-electron chi connectivity index (χ3n) is 4.10. The van der Waals surface area contributed by atoms with Crippen LogP contribution in [0, 0.1) is 22.7 Å². The zero-order valence-corrected chi connectivity index (χ0v) is 11.8. The standard InChI is InChI=1S/C17H16N4/c18-11-14(12-19)20-17-15-6-2-1-5-13(15)7-8-16(17)21-9-3-4-10-21/h1-2,5-6H,3-4,7-10H2. The Bertz CT molecular complexity index is 678. The molecule has 21 heavy (non-hydrogen) atoms. The topological polar surface area (TPSA) is 63.2 Å². The number of nitriles is 2. The van der Waals surface area contributed by atoms with Crippen molar-refractivity contribution in [2.24, 2.45) is 4.99 Å². The van der Waals surface area contributed by atoms with Crippen molar-refractivity contribution in [3.63, 3.8) is 0 Å². The summed E-state index contributed by atoms with van der Waals surface area (Å²) in [6.45, 7) is 2.09. The molecule has 1 fully saturated rings. The highest BCUT2D eigenvalue weighted by atomic mass is 15.2. The van der Waals surface area contributed by atoms with Crippen molar-refractivity contribution in [1.82, 2.24) is 4.90 Å². The van der Waals surface area contributed by atoms with Crippen molar-refractivity contribution in [2.75, 3.05) is 13.1 Å². The molecule has 0 unspecified atom stereocenters. The van der Waals surface area contributed by atoms with Gasteiger partial charge in [0.1, 0.15) is 12.1 Å². The average Bonchev–Trinajstić information content (AvgIpc) is 3.06. The Labute approximate surface area is 124 Å². The highest BCUT2D eigenvalue weighted by molar-refractivity contribution is 6.12. The summed E-state index contributed by atoms with van der Waals surface area (Å²) in [5.41, 5.74) is 4.24. The summed E-state index contributed by atoms with van der Waals surface area (Å²) in [6.07, 6.45) is 4.33. The SMILES string of the molecule is N#CC(C#N)=NC1=C(N2CCCC2)CCc2ccccc21. The van der Waals surface area contributed by atoms with E-state index in [0.717, 1.165) is 37.2 Å². The maximum Gasteiger partial charge on any atom is 0.218 e. The summed E-state index contributed by atoms with van der Waals surface area (Å²) in [5.74, 6) is 0. The van der Waals surface area contributed by atoms with Crippen LogP contribution in [0.5, 0.6) is 0 Å². The molecule has 0 radical (unpaired) electrons. The molecule has 1 aliphatic heterocycles. The predicted octanol–water partition coefficient (Wildman–Crippen LogP) is 2.89. The first-order chi connectivity index (χ1) is 10.3. The van der Waals surface area contributed by atoms with Crippen LogP contribution >= 0.6 is 0 Å². The van der Waals surface area contributed by atoms with Crippen LogP contribution < -0.4 is 0 Å². The van der Waals surface area contributed by atoms with E-state index in [4.69, 9.17) is 10.5 Å². The third-order valence-corrected chi connectivity index (χ3v) is 4.10. The Morgan fingerprint density at radius 1 is 1.05 bits per heavy atom. The van der Waals surface area contributed by atoms with Gasteiger partial charge in [0, 0.05) is 24.4 Å². The monoisotopic (exact) mass is 276 g/mol. The number of hydrogen-bond donors (Lipinski definition) is 0. The average molecular weight is 276 g/mol. The second-order valence-corrected chi connectivity index (χ2v) is 5.33. The van der Waals surface area contributed by atoms with Gasteiger partial charge in [-0.1, -0.05) is 24.3 Å². The van der Waals surface area contributed by atoms with Crippen LogP contribution in [0.3, 0.4) is 0 Å². The Balaban J connectivity index is 2.14. The second-order valence-electron chi connectivity index (χ2n) is 5.33. The number of allylic oxidation sites excluding steroid dienone is 1. The van der Waals surface area contributed by atoms with Crippen LogP contribution in [0.1, 0.15) is 30.4 Å². The van der Waals surface area contributed by atoms with Gasteiger partial charge in [-0.2, -0.15) is 10.5 Å². The van der Waals surface area contributed by atoms with Crippen molar-refractivity contribution in [3.05, 3.63) is 41.1 Å². The Kier molecular flexibility index (Phi) is 3.71.